The third kappa shape index (κ3) is 1.72. The predicted octanol–water partition coefficient (Wildman–Crippen LogP) is 1.60. The van der Waals surface area contributed by atoms with Gasteiger partial charge in [0.15, 0.2) is 0 Å². The lowest BCUT2D eigenvalue weighted by Gasteiger charge is -2.08. The quantitative estimate of drug-likeness (QED) is 0.847. The molecule has 0 spiro atoms. The number of para-hydroxylation sites is 1. The Labute approximate surface area is 95.1 Å². The number of rotatable bonds is 3. The van der Waals surface area contributed by atoms with E-state index in [2.05, 4.69) is 30.2 Å². The zero-order chi connectivity index (χ0) is 11.5. The van der Waals surface area contributed by atoms with Crippen molar-refractivity contribution in [2.45, 2.75) is 26.8 Å². The molecule has 0 unspecified atom stereocenters. The van der Waals surface area contributed by atoms with Crippen LogP contribution in [0.25, 0.3) is 5.69 Å². The van der Waals surface area contributed by atoms with Crippen molar-refractivity contribution >= 4 is 0 Å². The Balaban J connectivity index is 2.56. The van der Waals surface area contributed by atoms with Gasteiger partial charge in [-0.2, -0.15) is 0 Å². The summed E-state index contributed by atoms with van der Waals surface area (Å²) in [7, 11) is 0. The minimum atomic E-state index is 0.463. The molecule has 0 radical (unpaired) electrons. The van der Waals surface area contributed by atoms with Crippen molar-refractivity contribution in [3.63, 3.8) is 0 Å². The first-order chi connectivity index (χ1) is 7.77. The van der Waals surface area contributed by atoms with Gasteiger partial charge in [0.1, 0.15) is 0 Å². The van der Waals surface area contributed by atoms with Crippen molar-refractivity contribution in [2.24, 2.45) is 5.73 Å². The standard InChI is InChI=1S/C12H16N4/c1-3-10-12(8-13)16(15-14-10)11-7-5-4-6-9(11)2/h4-7H,3,8,13H2,1-2H3. The van der Waals surface area contributed by atoms with Crippen molar-refractivity contribution in [1.29, 1.82) is 0 Å². The van der Waals surface area contributed by atoms with E-state index in [9.17, 15) is 0 Å². The second kappa shape index (κ2) is 4.45. The summed E-state index contributed by atoms with van der Waals surface area (Å²) in [5.41, 5.74) is 9.95. The molecule has 0 bridgehead atoms. The summed E-state index contributed by atoms with van der Waals surface area (Å²) in [6, 6.07) is 8.10. The van der Waals surface area contributed by atoms with Gasteiger partial charge in [-0.15, -0.1) is 5.10 Å². The molecule has 0 aliphatic carbocycles. The summed E-state index contributed by atoms with van der Waals surface area (Å²) in [6.45, 7) is 4.58. The Hall–Kier alpha value is -1.68. The molecule has 0 saturated heterocycles. The molecule has 0 amide bonds. The SMILES string of the molecule is CCc1nnn(-c2ccccc2C)c1CN. The van der Waals surface area contributed by atoms with Gasteiger partial charge in [0.2, 0.25) is 0 Å². The monoisotopic (exact) mass is 216 g/mol. The molecule has 16 heavy (non-hydrogen) atoms. The van der Waals surface area contributed by atoms with Gasteiger partial charge >= 0.3 is 0 Å². The molecule has 0 saturated carbocycles. The van der Waals surface area contributed by atoms with Crippen LogP contribution in [0.15, 0.2) is 24.3 Å². The summed E-state index contributed by atoms with van der Waals surface area (Å²) < 4.78 is 1.84. The van der Waals surface area contributed by atoms with E-state index in [-0.39, 0.29) is 0 Å². The maximum atomic E-state index is 5.76. The van der Waals surface area contributed by atoms with E-state index in [0.29, 0.717) is 6.54 Å². The van der Waals surface area contributed by atoms with Crippen molar-refractivity contribution < 1.29 is 0 Å². The summed E-state index contributed by atoms with van der Waals surface area (Å²) in [5, 5.41) is 8.33. The normalized spacial score (nSPS) is 10.7. The van der Waals surface area contributed by atoms with Gasteiger partial charge in [0.05, 0.1) is 17.1 Å². The maximum absolute atomic E-state index is 5.76. The fourth-order valence-electron chi connectivity index (χ4n) is 1.81. The number of nitrogens with zero attached hydrogens (tertiary/aromatic N) is 3. The van der Waals surface area contributed by atoms with Crippen molar-refractivity contribution in [3.05, 3.63) is 41.2 Å². The molecule has 4 nitrogen and oxygen atoms in total. The summed E-state index contributed by atoms with van der Waals surface area (Å²) in [4.78, 5) is 0. The Morgan fingerprint density at radius 3 is 2.69 bits per heavy atom. The van der Waals surface area contributed by atoms with Gasteiger partial charge < -0.3 is 5.73 Å². The average Bonchev–Trinajstić information content (AvgIpc) is 2.72. The lowest BCUT2D eigenvalue weighted by atomic mass is 10.2. The molecule has 1 aromatic carbocycles. The van der Waals surface area contributed by atoms with E-state index in [1.165, 1.54) is 5.56 Å². The first-order valence-corrected chi connectivity index (χ1v) is 5.47. The van der Waals surface area contributed by atoms with Crippen molar-refractivity contribution in [3.8, 4) is 5.69 Å². The van der Waals surface area contributed by atoms with Gasteiger partial charge in [-0.1, -0.05) is 30.3 Å². The van der Waals surface area contributed by atoms with E-state index in [1.54, 1.807) is 0 Å². The van der Waals surface area contributed by atoms with Crippen molar-refractivity contribution in [1.82, 2.24) is 15.0 Å². The van der Waals surface area contributed by atoms with E-state index >= 15 is 0 Å². The van der Waals surface area contributed by atoms with E-state index in [4.69, 9.17) is 5.73 Å². The molecular weight excluding hydrogens is 200 g/mol. The molecule has 84 valence electrons. The Morgan fingerprint density at radius 2 is 2.06 bits per heavy atom. The molecule has 2 rings (SSSR count). The second-order valence-electron chi connectivity index (χ2n) is 3.74. The summed E-state index contributed by atoms with van der Waals surface area (Å²) >= 11 is 0. The average molecular weight is 216 g/mol. The smallest absolute Gasteiger partial charge is 0.0874 e. The van der Waals surface area contributed by atoms with Gasteiger partial charge in [-0.3, -0.25) is 0 Å². The fraction of sp³-hybridized carbons (Fsp3) is 0.333. The first kappa shape index (κ1) is 10.8. The van der Waals surface area contributed by atoms with Crippen LogP contribution in [0.4, 0.5) is 0 Å². The molecule has 0 fully saturated rings. The van der Waals surface area contributed by atoms with Gasteiger partial charge in [-0.05, 0) is 25.0 Å². The molecular formula is C12H16N4. The fourth-order valence-corrected chi connectivity index (χ4v) is 1.81. The minimum Gasteiger partial charge on any atom is -0.325 e. The van der Waals surface area contributed by atoms with Crippen molar-refractivity contribution in [2.75, 3.05) is 0 Å². The van der Waals surface area contributed by atoms with Crippen LogP contribution in [0.1, 0.15) is 23.9 Å². The highest BCUT2D eigenvalue weighted by atomic mass is 15.4. The molecule has 1 heterocycles. The topological polar surface area (TPSA) is 56.7 Å². The van der Waals surface area contributed by atoms with E-state index in [1.807, 2.05) is 22.9 Å². The number of aryl methyl sites for hydroxylation is 2. The second-order valence-corrected chi connectivity index (χ2v) is 3.74. The zero-order valence-electron chi connectivity index (χ0n) is 9.64. The maximum Gasteiger partial charge on any atom is 0.0874 e. The third-order valence-corrected chi connectivity index (χ3v) is 2.72. The summed E-state index contributed by atoms with van der Waals surface area (Å²) in [6.07, 6.45) is 0.860. The van der Waals surface area contributed by atoms with Gasteiger partial charge in [-0.25, -0.2) is 4.68 Å². The molecule has 2 aromatic rings. The van der Waals surface area contributed by atoms with Crippen LogP contribution >= 0.6 is 0 Å². The van der Waals surface area contributed by atoms with Crippen LogP contribution in [0.2, 0.25) is 0 Å². The Kier molecular flexibility index (Phi) is 3.01. The molecule has 0 aliphatic rings. The van der Waals surface area contributed by atoms with Crippen LogP contribution in [-0.4, -0.2) is 15.0 Å². The largest absolute Gasteiger partial charge is 0.325 e. The zero-order valence-corrected chi connectivity index (χ0v) is 9.64. The van der Waals surface area contributed by atoms with Gasteiger partial charge in [0.25, 0.3) is 0 Å². The van der Waals surface area contributed by atoms with Crippen LogP contribution < -0.4 is 5.73 Å². The lowest BCUT2D eigenvalue weighted by molar-refractivity contribution is 0.757. The number of aromatic nitrogens is 3. The first-order valence-electron chi connectivity index (χ1n) is 5.47. The number of hydrogen-bond donors (Lipinski definition) is 1. The summed E-state index contributed by atoms with van der Waals surface area (Å²) in [5.74, 6) is 0. The highest BCUT2D eigenvalue weighted by molar-refractivity contribution is 5.40. The number of nitrogens with two attached hydrogens (primary N) is 1. The lowest BCUT2D eigenvalue weighted by Crippen LogP contribution is -2.09. The highest BCUT2D eigenvalue weighted by Gasteiger charge is 2.12. The third-order valence-electron chi connectivity index (χ3n) is 2.72. The highest BCUT2D eigenvalue weighted by Crippen LogP contribution is 2.16. The molecule has 0 aliphatic heterocycles. The van der Waals surface area contributed by atoms with E-state index in [0.717, 1.165) is 23.5 Å². The minimum absolute atomic E-state index is 0.463. The molecule has 0 atom stereocenters. The van der Waals surface area contributed by atoms with Crippen LogP contribution in [0, 0.1) is 6.92 Å². The van der Waals surface area contributed by atoms with Crippen LogP contribution in [0.5, 0.6) is 0 Å². The number of hydrogen-bond acceptors (Lipinski definition) is 3. The van der Waals surface area contributed by atoms with Crippen LogP contribution in [0.3, 0.4) is 0 Å². The van der Waals surface area contributed by atoms with E-state index < -0.39 is 0 Å². The predicted molar refractivity (Wildman–Crippen MR) is 63.4 cm³/mol. The Bertz CT molecular complexity index is 488. The molecule has 2 N–H and O–H groups in total. The van der Waals surface area contributed by atoms with Gasteiger partial charge in [0, 0.05) is 6.54 Å². The Morgan fingerprint density at radius 1 is 1.31 bits per heavy atom. The molecule has 4 heteroatoms. The van der Waals surface area contributed by atoms with Crippen LogP contribution in [-0.2, 0) is 13.0 Å². The molecule has 1 aromatic heterocycles. The number of benzene rings is 1.